The van der Waals surface area contributed by atoms with E-state index in [2.05, 4.69) is 26.9 Å². The smallest absolute Gasteiger partial charge is 0.319 e. The number of rotatable bonds is 5. The van der Waals surface area contributed by atoms with Crippen LogP contribution in [0.1, 0.15) is 24.0 Å². The molecular formula is C22H28N4O2. The topological polar surface area (TPSA) is 73.5 Å². The van der Waals surface area contributed by atoms with Gasteiger partial charge < -0.3 is 16.0 Å². The maximum absolute atomic E-state index is 12.3. The van der Waals surface area contributed by atoms with Crippen LogP contribution in [0.25, 0.3) is 0 Å². The Labute approximate surface area is 166 Å². The van der Waals surface area contributed by atoms with Gasteiger partial charge in [-0.2, -0.15) is 0 Å². The number of nitrogens with one attached hydrogen (secondary N) is 3. The molecule has 3 N–H and O–H groups in total. The molecule has 1 heterocycles. The lowest BCUT2D eigenvalue weighted by atomic mass is 10.1. The number of amides is 3. The quantitative estimate of drug-likeness (QED) is 0.743. The first kappa shape index (κ1) is 19.9. The summed E-state index contributed by atoms with van der Waals surface area (Å²) in [6, 6.07) is 15.4. The summed E-state index contributed by atoms with van der Waals surface area (Å²) in [5, 5.41) is 8.85. The van der Waals surface area contributed by atoms with Gasteiger partial charge in [-0.25, -0.2) is 4.79 Å². The van der Waals surface area contributed by atoms with Gasteiger partial charge in [-0.05, 0) is 50.5 Å². The van der Waals surface area contributed by atoms with Crippen molar-refractivity contribution in [1.82, 2.24) is 10.2 Å². The zero-order valence-electron chi connectivity index (χ0n) is 16.5. The van der Waals surface area contributed by atoms with Crippen molar-refractivity contribution < 1.29 is 9.59 Å². The highest BCUT2D eigenvalue weighted by Gasteiger charge is 2.22. The molecule has 3 rings (SSSR count). The average molecular weight is 380 g/mol. The van der Waals surface area contributed by atoms with Crippen LogP contribution >= 0.6 is 0 Å². The molecule has 0 aliphatic carbocycles. The highest BCUT2D eigenvalue weighted by Crippen LogP contribution is 2.16. The Kier molecular flexibility index (Phi) is 6.66. The van der Waals surface area contributed by atoms with Crippen molar-refractivity contribution >= 4 is 23.3 Å². The normalized spacial score (nSPS) is 15.1. The summed E-state index contributed by atoms with van der Waals surface area (Å²) < 4.78 is 0. The summed E-state index contributed by atoms with van der Waals surface area (Å²) in [6.07, 6.45) is 1.66. The third-order valence-corrected chi connectivity index (χ3v) is 4.98. The van der Waals surface area contributed by atoms with E-state index in [0.29, 0.717) is 6.54 Å². The SMILES string of the molecule is Cc1ccc(NC(=O)CN2CCC(NC(=O)Nc3ccccc3)CC2)c(C)c1. The van der Waals surface area contributed by atoms with Gasteiger partial charge in [0.25, 0.3) is 0 Å². The van der Waals surface area contributed by atoms with E-state index in [1.165, 1.54) is 5.56 Å². The number of carbonyl (C=O) groups excluding carboxylic acids is 2. The minimum Gasteiger partial charge on any atom is -0.335 e. The molecule has 0 saturated carbocycles. The molecule has 3 amide bonds. The van der Waals surface area contributed by atoms with Crippen molar-refractivity contribution in [3.05, 3.63) is 59.7 Å². The summed E-state index contributed by atoms with van der Waals surface area (Å²) in [7, 11) is 0. The Morgan fingerprint density at radius 1 is 1.00 bits per heavy atom. The average Bonchev–Trinajstić information content (AvgIpc) is 2.66. The number of benzene rings is 2. The van der Waals surface area contributed by atoms with Gasteiger partial charge >= 0.3 is 6.03 Å². The molecule has 28 heavy (non-hydrogen) atoms. The summed E-state index contributed by atoms with van der Waals surface area (Å²) >= 11 is 0. The fourth-order valence-electron chi connectivity index (χ4n) is 3.46. The molecule has 0 radical (unpaired) electrons. The first-order chi connectivity index (χ1) is 13.5. The molecule has 1 fully saturated rings. The zero-order chi connectivity index (χ0) is 19.9. The number of hydrogen-bond acceptors (Lipinski definition) is 3. The second-order valence-electron chi connectivity index (χ2n) is 7.38. The highest BCUT2D eigenvalue weighted by molar-refractivity contribution is 5.93. The van der Waals surface area contributed by atoms with Crippen LogP contribution in [-0.4, -0.2) is 42.5 Å². The van der Waals surface area contributed by atoms with Crippen molar-refractivity contribution in [2.45, 2.75) is 32.7 Å². The summed E-state index contributed by atoms with van der Waals surface area (Å²) in [5.41, 5.74) is 3.90. The number of likely N-dealkylation sites (tertiary alicyclic amines) is 1. The fourth-order valence-corrected chi connectivity index (χ4v) is 3.46. The molecule has 0 spiro atoms. The Morgan fingerprint density at radius 3 is 2.39 bits per heavy atom. The van der Waals surface area contributed by atoms with Crippen LogP contribution in [-0.2, 0) is 4.79 Å². The predicted octanol–water partition coefficient (Wildman–Crippen LogP) is 3.53. The van der Waals surface area contributed by atoms with Crippen LogP contribution in [0.2, 0.25) is 0 Å². The molecule has 1 aliphatic rings. The number of para-hydroxylation sites is 1. The number of carbonyl (C=O) groups is 2. The van der Waals surface area contributed by atoms with Gasteiger partial charge in [0, 0.05) is 30.5 Å². The number of anilines is 2. The maximum Gasteiger partial charge on any atom is 0.319 e. The van der Waals surface area contributed by atoms with Crippen LogP contribution < -0.4 is 16.0 Å². The van der Waals surface area contributed by atoms with E-state index in [1.807, 2.05) is 56.3 Å². The molecule has 1 aliphatic heterocycles. The van der Waals surface area contributed by atoms with E-state index in [-0.39, 0.29) is 18.0 Å². The maximum atomic E-state index is 12.3. The monoisotopic (exact) mass is 380 g/mol. The van der Waals surface area contributed by atoms with Gasteiger partial charge in [-0.15, -0.1) is 0 Å². The summed E-state index contributed by atoms with van der Waals surface area (Å²) in [6.45, 7) is 5.99. The number of urea groups is 1. The Morgan fingerprint density at radius 2 is 1.71 bits per heavy atom. The van der Waals surface area contributed by atoms with Gasteiger partial charge in [0.15, 0.2) is 0 Å². The third kappa shape index (κ3) is 5.82. The van der Waals surface area contributed by atoms with Gasteiger partial charge in [0.1, 0.15) is 0 Å². The van der Waals surface area contributed by atoms with Crippen molar-refractivity contribution in [3.8, 4) is 0 Å². The number of aryl methyl sites for hydroxylation is 2. The van der Waals surface area contributed by atoms with Crippen molar-refractivity contribution in [2.75, 3.05) is 30.3 Å². The number of piperidine rings is 1. The lowest BCUT2D eigenvalue weighted by Gasteiger charge is -2.31. The van der Waals surface area contributed by atoms with Crippen LogP contribution in [0.3, 0.4) is 0 Å². The fraction of sp³-hybridized carbons (Fsp3) is 0.364. The van der Waals surface area contributed by atoms with Gasteiger partial charge in [-0.1, -0.05) is 35.9 Å². The van der Waals surface area contributed by atoms with Crippen LogP contribution in [0.5, 0.6) is 0 Å². The number of hydrogen-bond donors (Lipinski definition) is 3. The first-order valence-electron chi connectivity index (χ1n) is 9.71. The molecule has 0 atom stereocenters. The highest BCUT2D eigenvalue weighted by atomic mass is 16.2. The molecule has 2 aromatic rings. The van der Waals surface area contributed by atoms with Gasteiger partial charge in [0.2, 0.25) is 5.91 Å². The van der Waals surface area contributed by atoms with E-state index in [1.54, 1.807) is 0 Å². The predicted molar refractivity (Wildman–Crippen MR) is 113 cm³/mol. The molecule has 6 heteroatoms. The van der Waals surface area contributed by atoms with E-state index in [9.17, 15) is 9.59 Å². The van der Waals surface area contributed by atoms with Gasteiger partial charge in [0.05, 0.1) is 6.54 Å². The Hall–Kier alpha value is -2.86. The zero-order valence-corrected chi connectivity index (χ0v) is 16.5. The van der Waals surface area contributed by atoms with E-state index < -0.39 is 0 Å². The van der Waals surface area contributed by atoms with Crippen molar-refractivity contribution in [3.63, 3.8) is 0 Å². The molecule has 0 unspecified atom stereocenters. The molecular weight excluding hydrogens is 352 g/mol. The van der Waals surface area contributed by atoms with E-state index >= 15 is 0 Å². The molecule has 0 bridgehead atoms. The Bertz CT molecular complexity index is 815. The van der Waals surface area contributed by atoms with Crippen LogP contribution in [0.15, 0.2) is 48.5 Å². The third-order valence-electron chi connectivity index (χ3n) is 4.98. The summed E-state index contributed by atoms with van der Waals surface area (Å²) in [4.78, 5) is 26.6. The molecule has 2 aromatic carbocycles. The second kappa shape index (κ2) is 9.37. The second-order valence-corrected chi connectivity index (χ2v) is 7.38. The van der Waals surface area contributed by atoms with Crippen LogP contribution in [0, 0.1) is 13.8 Å². The van der Waals surface area contributed by atoms with Gasteiger partial charge in [-0.3, -0.25) is 9.69 Å². The van der Waals surface area contributed by atoms with E-state index in [0.717, 1.165) is 42.9 Å². The summed E-state index contributed by atoms with van der Waals surface area (Å²) in [5.74, 6) is 0.000169. The number of nitrogens with zero attached hydrogens (tertiary/aromatic N) is 1. The molecule has 0 aromatic heterocycles. The minimum absolute atomic E-state index is 0.000169. The van der Waals surface area contributed by atoms with E-state index in [4.69, 9.17) is 0 Å². The molecule has 6 nitrogen and oxygen atoms in total. The lowest BCUT2D eigenvalue weighted by Crippen LogP contribution is -2.47. The molecule has 1 saturated heterocycles. The van der Waals surface area contributed by atoms with Crippen molar-refractivity contribution in [2.24, 2.45) is 0 Å². The Balaban J connectivity index is 1.40. The van der Waals surface area contributed by atoms with Crippen LogP contribution in [0.4, 0.5) is 16.2 Å². The largest absolute Gasteiger partial charge is 0.335 e. The van der Waals surface area contributed by atoms with Crippen molar-refractivity contribution in [1.29, 1.82) is 0 Å². The lowest BCUT2D eigenvalue weighted by molar-refractivity contribution is -0.117. The first-order valence-corrected chi connectivity index (χ1v) is 9.71. The molecule has 148 valence electrons. The standard InChI is InChI=1S/C22H28N4O2/c1-16-8-9-20(17(2)14-16)25-21(27)15-26-12-10-19(11-13-26)24-22(28)23-18-6-4-3-5-7-18/h3-9,14,19H,10-13,15H2,1-2H3,(H,25,27)(H2,23,24,28). The minimum atomic E-state index is -0.183.